The van der Waals surface area contributed by atoms with E-state index in [9.17, 15) is 9.59 Å². The molecule has 1 saturated heterocycles. The van der Waals surface area contributed by atoms with Crippen LogP contribution in [0, 0.1) is 28.6 Å². The first-order valence-electron chi connectivity index (χ1n) is 12.1. The molecule has 4 unspecified atom stereocenters. The van der Waals surface area contributed by atoms with Gasteiger partial charge in [-0.3, -0.25) is 4.79 Å². The Hall–Kier alpha value is -1.00. The lowest BCUT2D eigenvalue weighted by molar-refractivity contribution is -0.149. The molecule has 1 aliphatic heterocycles. The number of ether oxygens (including phenoxy) is 2. The van der Waals surface area contributed by atoms with Gasteiger partial charge in [0, 0.05) is 19.8 Å². The highest BCUT2D eigenvalue weighted by Crippen LogP contribution is 2.67. The van der Waals surface area contributed by atoms with E-state index in [1.807, 2.05) is 6.92 Å². The average molecular weight is 481 g/mol. The van der Waals surface area contributed by atoms with Crippen molar-refractivity contribution in [2.45, 2.75) is 95.1 Å². The predicted octanol–water partition coefficient (Wildman–Crippen LogP) is 6.30. The summed E-state index contributed by atoms with van der Waals surface area (Å²) in [5.74, 6) is 1.09. The van der Waals surface area contributed by atoms with Crippen LogP contribution in [0.1, 0.15) is 79.1 Å². The van der Waals surface area contributed by atoms with Crippen molar-refractivity contribution in [2.75, 3.05) is 0 Å². The third kappa shape index (κ3) is 3.22. The second-order valence-corrected chi connectivity index (χ2v) is 13.0. The van der Waals surface area contributed by atoms with E-state index in [4.69, 9.17) is 32.7 Å². The fourth-order valence-corrected chi connectivity index (χ4v) is 8.90. The lowest BCUT2D eigenvalue weighted by Crippen LogP contribution is -2.51. The molecule has 4 nitrogen and oxygen atoms in total. The summed E-state index contributed by atoms with van der Waals surface area (Å²) in [6.45, 7) is 8.31. The minimum absolute atomic E-state index is 0.00103. The van der Waals surface area contributed by atoms with Gasteiger partial charge in [0.05, 0.1) is 0 Å². The number of carbonyl (C=O) groups excluding carboxylic acids is 2. The number of fused-ring (bicyclic) bond motifs is 5. The highest BCUT2D eigenvalue weighted by atomic mass is 35.5. The molecule has 5 rings (SSSR count). The smallest absolute Gasteiger partial charge is 0.343 e. The fraction of sp³-hybridized carbons (Fsp3) is 0.769. The number of allylic oxidation sites excluding steroid dienone is 2. The maximum absolute atomic E-state index is 12.3. The van der Waals surface area contributed by atoms with Gasteiger partial charge < -0.3 is 9.47 Å². The molecule has 0 N–H and O–H groups in total. The van der Waals surface area contributed by atoms with Crippen LogP contribution in [-0.4, -0.2) is 28.0 Å². The van der Waals surface area contributed by atoms with E-state index in [1.54, 1.807) is 0 Å². The molecule has 0 aromatic rings. The summed E-state index contributed by atoms with van der Waals surface area (Å²) in [6.07, 6.45) is 12.4. The van der Waals surface area contributed by atoms with Crippen molar-refractivity contribution >= 4 is 35.1 Å². The predicted molar refractivity (Wildman–Crippen MR) is 124 cm³/mol. The molecule has 5 aliphatic rings. The van der Waals surface area contributed by atoms with Gasteiger partial charge >= 0.3 is 11.9 Å². The van der Waals surface area contributed by atoms with Crippen LogP contribution < -0.4 is 0 Å². The molecule has 32 heavy (non-hydrogen) atoms. The van der Waals surface area contributed by atoms with Crippen molar-refractivity contribution in [1.82, 2.24) is 0 Å². The highest BCUT2D eigenvalue weighted by Gasteiger charge is 2.63. The molecule has 0 amide bonds. The van der Waals surface area contributed by atoms with E-state index in [1.165, 1.54) is 18.1 Å². The minimum Gasteiger partial charge on any atom is -0.462 e. The van der Waals surface area contributed by atoms with E-state index in [0.717, 1.165) is 44.9 Å². The first-order chi connectivity index (χ1) is 14.9. The van der Waals surface area contributed by atoms with E-state index in [-0.39, 0.29) is 22.9 Å². The molecule has 0 radical (unpaired) electrons. The van der Waals surface area contributed by atoms with Gasteiger partial charge in [-0.2, -0.15) is 0 Å². The van der Waals surface area contributed by atoms with E-state index in [0.29, 0.717) is 24.2 Å². The van der Waals surface area contributed by atoms with Crippen LogP contribution in [0.5, 0.6) is 0 Å². The Labute approximate surface area is 201 Å². The highest BCUT2D eigenvalue weighted by molar-refractivity contribution is 6.58. The van der Waals surface area contributed by atoms with Crippen molar-refractivity contribution in [3.63, 3.8) is 0 Å². The number of alkyl halides is 2. The minimum atomic E-state index is -1.46. The maximum Gasteiger partial charge on any atom is 0.343 e. The van der Waals surface area contributed by atoms with Gasteiger partial charge in [0.2, 0.25) is 4.33 Å². The number of esters is 2. The normalized spacial score (nSPS) is 46.9. The topological polar surface area (TPSA) is 52.6 Å². The standard InChI is InChI=1S/C26H34Cl2O4/c1-15(29)31-17-9-11-23(2)16(13-17)5-6-18-19-7-8-21(24(19,3)12-10-20(18)23)25(4)14-26(27,28)22(30)32-25/h5,8,17-20H,6-7,9-14H2,1-4H3/t17?,18?,19-,20?,23+,24+,25?/m1/s1. The van der Waals surface area contributed by atoms with Gasteiger partial charge in [0.1, 0.15) is 11.7 Å². The molecular weight excluding hydrogens is 447 g/mol. The molecule has 1 heterocycles. The summed E-state index contributed by atoms with van der Waals surface area (Å²) < 4.78 is 9.93. The molecule has 3 fully saturated rings. The number of cyclic esters (lactones) is 1. The molecule has 0 bridgehead atoms. The van der Waals surface area contributed by atoms with E-state index < -0.39 is 15.9 Å². The first kappa shape index (κ1) is 22.8. The number of rotatable bonds is 2. The first-order valence-corrected chi connectivity index (χ1v) is 12.8. The van der Waals surface area contributed by atoms with Crippen LogP contribution in [0.4, 0.5) is 0 Å². The van der Waals surface area contributed by atoms with Crippen LogP contribution >= 0.6 is 23.2 Å². The molecule has 0 aromatic carbocycles. The van der Waals surface area contributed by atoms with Gasteiger partial charge in [-0.1, -0.05) is 54.8 Å². The van der Waals surface area contributed by atoms with Crippen LogP contribution in [-0.2, 0) is 19.1 Å². The lowest BCUT2D eigenvalue weighted by Gasteiger charge is -2.58. The Kier molecular flexibility index (Phi) is 5.16. The van der Waals surface area contributed by atoms with Crippen LogP contribution in [0.15, 0.2) is 23.3 Å². The SMILES string of the molecule is CC(=O)OC1CC[C@@]2(C)C(=CCC3C2CC[C@]2(C)C(C4(C)CC(Cl)(Cl)C(=O)O4)=CC[C@H]32)C1. The third-order valence-electron chi connectivity index (χ3n) is 9.72. The molecule has 7 atom stereocenters. The Morgan fingerprint density at radius 2 is 1.78 bits per heavy atom. The molecule has 4 aliphatic carbocycles. The maximum atomic E-state index is 12.3. The Bertz CT molecular complexity index is 923. The summed E-state index contributed by atoms with van der Waals surface area (Å²) in [7, 11) is 0. The molecular formula is C26H34Cl2O4. The average Bonchev–Trinajstić information content (AvgIpc) is 3.15. The molecule has 176 valence electrons. The van der Waals surface area contributed by atoms with Gasteiger partial charge in [-0.05, 0) is 79.6 Å². The third-order valence-corrected chi connectivity index (χ3v) is 10.3. The van der Waals surface area contributed by atoms with Crippen molar-refractivity contribution in [3.05, 3.63) is 23.3 Å². The summed E-state index contributed by atoms with van der Waals surface area (Å²) in [4.78, 5) is 23.8. The summed E-state index contributed by atoms with van der Waals surface area (Å²) in [6, 6.07) is 0. The second kappa shape index (κ2) is 7.25. The van der Waals surface area contributed by atoms with Crippen molar-refractivity contribution in [1.29, 1.82) is 0 Å². The number of carbonyl (C=O) groups is 2. The van der Waals surface area contributed by atoms with Crippen LogP contribution in [0.25, 0.3) is 0 Å². The molecule has 2 saturated carbocycles. The van der Waals surface area contributed by atoms with Crippen LogP contribution in [0.2, 0.25) is 0 Å². The Balaban J connectivity index is 1.40. The van der Waals surface area contributed by atoms with Gasteiger partial charge in [-0.25, -0.2) is 4.79 Å². The second-order valence-electron chi connectivity index (χ2n) is 11.5. The van der Waals surface area contributed by atoms with Gasteiger partial charge in [0.15, 0.2) is 0 Å². The van der Waals surface area contributed by atoms with Gasteiger partial charge in [-0.15, -0.1) is 0 Å². The zero-order valence-corrected chi connectivity index (χ0v) is 21.0. The van der Waals surface area contributed by atoms with Crippen molar-refractivity contribution in [3.8, 4) is 0 Å². The molecule has 6 heteroatoms. The largest absolute Gasteiger partial charge is 0.462 e. The number of halogens is 2. The lowest BCUT2D eigenvalue weighted by atomic mass is 9.47. The molecule has 0 spiro atoms. The monoisotopic (exact) mass is 480 g/mol. The van der Waals surface area contributed by atoms with E-state index in [2.05, 4.69) is 26.0 Å². The van der Waals surface area contributed by atoms with Crippen molar-refractivity contribution in [2.24, 2.45) is 28.6 Å². The number of hydrogen-bond acceptors (Lipinski definition) is 4. The summed E-state index contributed by atoms with van der Waals surface area (Å²) >= 11 is 12.5. The summed E-state index contributed by atoms with van der Waals surface area (Å²) in [5, 5.41) is 0. The fourth-order valence-electron chi connectivity index (χ4n) is 8.31. The Morgan fingerprint density at radius 3 is 2.44 bits per heavy atom. The molecule has 0 aromatic heterocycles. The van der Waals surface area contributed by atoms with Gasteiger partial charge in [0.25, 0.3) is 0 Å². The van der Waals surface area contributed by atoms with E-state index >= 15 is 0 Å². The van der Waals surface area contributed by atoms with Crippen molar-refractivity contribution < 1.29 is 19.1 Å². The summed E-state index contributed by atoms with van der Waals surface area (Å²) in [5.41, 5.74) is 2.19. The van der Waals surface area contributed by atoms with Crippen LogP contribution in [0.3, 0.4) is 0 Å². The zero-order chi connectivity index (χ0) is 23.1. The number of hydrogen-bond donors (Lipinski definition) is 0. The quantitative estimate of drug-likeness (QED) is 0.264. The zero-order valence-electron chi connectivity index (χ0n) is 19.5. The Morgan fingerprint density at radius 1 is 1.06 bits per heavy atom.